The molecule has 0 unspecified atom stereocenters. The van der Waals surface area contributed by atoms with Gasteiger partial charge in [0.05, 0.1) is 12.8 Å². The number of aromatic nitrogens is 5. The van der Waals surface area contributed by atoms with Crippen LogP contribution in [-0.2, 0) is 18.4 Å². The first-order chi connectivity index (χ1) is 16.9. The summed E-state index contributed by atoms with van der Waals surface area (Å²) in [5.74, 6) is 0.283. The molecule has 0 spiro atoms. The molecule has 0 aliphatic carbocycles. The van der Waals surface area contributed by atoms with Gasteiger partial charge in [0.1, 0.15) is 11.3 Å². The van der Waals surface area contributed by atoms with Crippen LogP contribution in [0.25, 0.3) is 28.5 Å². The molecule has 0 saturated heterocycles. The van der Waals surface area contributed by atoms with Crippen LogP contribution in [-0.4, -0.2) is 37.1 Å². The molecule has 5 aromatic rings. The molecular weight excluding hydrogens is 448 g/mol. The van der Waals surface area contributed by atoms with Gasteiger partial charge in [-0.25, -0.2) is 4.98 Å². The highest BCUT2D eigenvalue weighted by atomic mass is 16.5. The normalized spacial score (nSPS) is 11.2. The number of anilines is 1. The van der Waals surface area contributed by atoms with Gasteiger partial charge in [-0.1, -0.05) is 17.3 Å². The first kappa shape index (κ1) is 22.2. The van der Waals surface area contributed by atoms with Crippen molar-refractivity contribution in [3.05, 3.63) is 88.2 Å². The van der Waals surface area contributed by atoms with Crippen LogP contribution in [0.5, 0.6) is 0 Å². The summed E-state index contributed by atoms with van der Waals surface area (Å²) in [7, 11) is 3.30. The van der Waals surface area contributed by atoms with E-state index < -0.39 is 0 Å². The Morgan fingerprint density at radius 2 is 1.97 bits per heavy atom. The number of aryl methyl sites for hydroxylation is 2. The fraction of sp³-hybridized carbons (Fsp3) is 0.160. The van der Waals surface area contributed by atoms with Gasteiger partial charge in [0.2, 0.25) is 5.82 Å². The molecule has 1 amide bonds. The number of imidazole rings is 1. The van der Waals surface area contributed by atoms with Crippen LogP contribution >= 0.6 is 0 Å². The molecule has 4 heterocycles. The maximum absolute atomic E-state index is 13.1. The number of carbonyl (C=O) groups excluding carboxylic acids is 1. The van der Waals surface area contributed by atoms with Crippen LogP contribution in [0, 0.1) is 6.92 Å². The first-order valence-electron chi connectivity index (χ1n) is 10.8. The number of amides is 1. The summed E-state index contributed by atoms with van der Waals surface area (Å²) in [6.45, 7) is 2.36. The average Bonchev–Trinajstić information content (AvgIpc) is 3.50. The lowest BCUT2D eigenvalue weighted by atomic mass is 10.1. The lowest BCUT2D eigenvalue weighted by Gasteiger charge is -2.10. The molecule has 0 radical (unpaired) electrons. The van der Waals surface area contributed by atoms with Crippen molar-refractivity contribution in [2.24, 2.45) is 7.05 Å². The van der Waals surface area contributed by atoms with E-state index in [-0.39, 0.29) is 17.4 Å². The second-order valence-corrected chi connectivity index (χ2v) is 8.11. The number of ether oxygens (including phenoxy) is 1. The summed E-state index contributed by atoms with van der Waals surface area (Å²) < 4.78 is 13.7. The molecule has 0 atom stereocenters. The van der Waals surface area contributed by atoms with E-state index in [9.17, 15) is 9.59 Å². The van der Waals surface area contributed by atoms with Crippen LogP contribution in [0.15, 0.2) is 70.4 Å². The SMILES string of the molecule is COCc1ccn2c(C(=O)Nc3cc(-c4noc(-c5ccn(C)c(=O)c5)n4)ccc3C)cnc2c1. The zero-order valence-corrected chi connectivity index (χ0v) is 19.3. The summed E-state index contributed by atoms with van der Waals surface area (Å²) in [5, 5.41) is 7.00. The highest BCUT2D eigenvalue weighted by Crippen LogP contribution is 2.26. The van der Waals surface area contributed by atoms with Gasteiger partial charge in [0.15, 0.2) is 0 Å². The molecule has 35 heavy (non-hydrogen) atoms. The third kappa shape index (κ3) is 4.34. The van der Waals surface area contributed by atoms with Crippen LogP contribution in [0.1, 0.15) is 21.6 Å². The molecule has 176 valence electrons. The van der Waals surface area contributed by atoms with Gasteiger partial charge in [0.25, 0.3) is 17.4 Å². The molecule has 0 saturated carbocycles. The van der Waals surface area contributed by atoms with Gasteiger partial charge in [-0.3, -0.25) is 14.0 Å². The number of nitrogens with one attached hydrogen (secondary N) is 1. The minimum atomic E-state index is -0.300. The van der Waals surface area contributed by atoms with E-state index in [0.29, 0.717) is 40.6 Å². The number of carbonyl (C=O) groups is 1. The predicted molar refractivity (Wildman–Crippen MR) is 129 cm³/mol. The number of nitrogens with zero attached hydrogens (tertiary/aromatic N) is 5. The molecule has 1 N–H and O–H groups in total. The number of hydrogen-bond acceptors (Lipinski definition) is 7. The van der Waals surface area contributed by atoms with Crippen LogP contribution < -0.4 is 10.9 Å². The quantitative estimate of drug-likeness (QED) is 0.404. The minimum absolute atomic E-state index is 0.176. The Kier molecular flexibility index (Phi) is 5.71. The van der Waals surface area contributed by atoms with Crippen molar-refractivity contribution in [2.75, 3.05) is 12.4 Å². The van der Waals surface area contributed by atoms with Crippen molar-refractivity contribution < 1.29 is 14.1 Å². The first-order valence-corrected chi connectivity index (χ1v) is 10.8. The van der Waals surface area contributed by atoms with Gasteiger partial charge in [-0.15, -0.1) is 0 Å². The number of pyridine rings is 2. The summed E-state index contributed by atoms with van der Waals surface area (Å²) in [5.41, 5.74) is 4.53. The Morgan fingerprint density at radius 1 is 1.11 bits per heavy atom. The Balaban J connectivity index is 1.41. The van der Waals surface area contributed by atoms with Crippen molar-refractivity contribution in [3.8, 4) is 22.8 Å². The van der Waals surface area contributed by atoms with E-state index in [0.717, 1.165) is 11.1 Å². The van der Waals surface area contributed by atoms with Gasteiger partial charge in [0, 0.05) is 49.4 Å². The topological polar surface area (TPSA) is 117 Å². The lowest BCUT2D eigenvalue weighted by molar-refractivity contribution is 0.102. The molecule has 0 aliphatic rings. The Labute approximate surface area is 199 Å². The third-order valence-electron chi connectivity index (χ3n) is 5.64. The smallest absolute Gasteiger partial charge is 0.274 e. The highest BCUT2D eigenvalue weighted by Gasteiger charge is 2.16. The maximum Gasteiger partial charge on any atom is 0.274 e. The lowest BCUT2D eigenvalue weighted by Crippen LogP contribution is -2.15. The maximum atomic E-state index is 13.1. The molecule has 0 aliphatic heterocycles. The van der Waals surface area contributed by atoms with Gasteiger partial charge >= 0.3 is 0 Å². The molecule has 10 heteroatoms. The van der Waals surface area contributed by atoms with Gasteiger partial charge in [-0.05, 0) is 42.3 Å². The van der Waals surface area contributed by atoms with Crippen molar-refractivity contribution in [2.45, 2.75) is 13.5 Å². The predicted octanol–water partition coefficient (Wildman–Crippen LogP) is 3.46. The number of benzene rings is 1. The molecule has 5 rings (SSSR count). The monoisotopic (exact) mass is 470 g/mol. The van der Waals surface area contributed by atoms with E-state index in [1.54, 1.807) is 43.1 Å². The fourth-order valence-corrected chi connectivity index (χ4v) is 3.67. The van der Waals surface area contributed by atoms with Crippen molar-refractivity contribution >= 4 is 17.2 Å². The van der Waals surface area contributed by atoms with Crippen LogP contribution in [0.3, 0.4) is 0 Å². The number of fused-ring (bicyclic) bond motifs is 1. The minimum Gasteiger partial charge on any atom is -0.380 e. The Bertz CT molecular complexity index is 1610. The van der Waals surface area contributed by atoms with Crippen LogP contribution in [0.2, 0.25) is 0 Å². The number of methoxy groups -OCH3 is 1. The summed E-state index contributed by atoms with van der Waals surface area (Å²) in [6, 6.07) is 12.4. The Morgan fingerprint density at radius 3 is 2.77 bits per heavy atom. The van der Waals surface area contributed by atoms with Crippen molar-refractivity contribution in [3.63, 3.8) is 0 Å². The number of hydrogen-bond donors (Lipinski definition) is 1. The third-order valence-corrected chi connectivity index (χ3v) is 5.64. The molecule has 0 bridgehead atoms. The van der Waals surface area contributed by atoms with Crippen molar-refractivity contribution in [1.29, 1.82) is 0 Å². The standard InChI is InChI=1S/C25H22N6O4/c1-15-4-5-17(23-28-25(35-29-23)18-7-8-30(2)22(32)12-18)11-19(15)27-24(33)20-13-26-21-10-16(14-34-3)6-9-31(20)21/h4-13H,14H2,1-3H3,(H,27,33). The van der Waals surface area contributed by atoms with E-state index in [2.05, 4.69) is 20.4 Å². The van der Waals surface area contributed by atoms with Crippen molar-refractivity contribution in [1.82, 2.24) is 24.1 Å². The average molecular weight is 470 g/mol. The van der Waals surface area contributed by atoms with Crippen LogP contribution in [0.4, 0.5) is 5.69 Å². The second-order valence-electron chi connectivity index (χ2n) is 8.11. The zero-order chi connectivity index (χ0) is 24.5. The summed E-state index contributed by atoms with van der Waals surface area (Å²) in [4.78, 5) is 33.8. The second kappa shape index (κ2) is 8.99. The fourth-order valence-electron chi connectivity index (χ4n) is 3.67. The molecular formula is C25H22N6O4. The molecule has 1 aromatic carbocycles. The summed E-state index contributed by atoms with van der Waals surface area (Å²) in [6.07, 6.45) is 4.97. The van der Waals surface area contributed by atoms with E-state index in [4.69, 9.17) is 9.26 Å². The Hall–Kier alpha value is -4.57. The molecule has 4 aromatic heterocycles. The zero-order valence-electron chi connectivity index (χ0n) is 19.3. The number of rotatable bonds is 6. The molecule has 10 nitrogen and oxygen atoms in total. The highest BCUT2D eigenvalue weighted by molar-refractivity contribution is 6.04. The summed E-state index contributed by atoms with van der Waals surface area (Å²) >= 11 is 0. The van der Waals surface area contributed by atoms with E-state index in [1.807, 2.05) is 31.2 Å². The molecule has 0 fully saturated rings. The van der Waals surface area contributed by atoms with E-state index >= 15 is 0 Å². The van der Waals surface area contributed by atoms with Gasteiger partial charge < -0.3 is 19.1 Å². The van der Waals surface area contributed by atoms with E-state index in [1.165, 1.54) is 16.8 Å². The van der Waals surface area contributed by atoms with Gasteiger partial charge in [-0.2, -0.15) is 4.98 Å². The largest absolute Gasteiger partial charge is 0.380 e.